The summed E-state index contributed by atoms with van der Waals surface area (Å²) in [6.07, 6.45) is 5.37. The van der Waals surface area contributed by atoms with Crippen LogP contribution in [0.1, 0.15) is 0 Å². The van der Waals surface area contributed by atoms with E-state index in [1.165, 1.54) is 0 Å². The molecule has 0 fully saturated rings. The molecule has 2 aromatic heterocycles. The molecule has 1 aromatic carbocycles. The standard InChI is InChI=1S/C11H11N7/c12-10-15-11(17-16-10)14-8-1-3-9(4-2-8)18-6-5-13-7-18/h1-7H,(H4,12,14,15,16,17). The smallest absolute Gasteiger partial charge is 0.248 e. The van der Waals surface area contributed by atoms with E-state index >= 15 is 0 Å². The van der Waals surface area contributed by atoms with Gasteiger partial charge >= 0.3 is 0 Å². The largest absolute Gasteiger partial charge is 0.368 e. The molecule has 0 unspecified atom stereocenters. The summed E-state index contributed by atoms with van der Waals surface area (Å²) in [5.74, 6) is 0.732. The lowest BCUT2D eigenvalue weighted by Crippen LogP contribution is -1.94. The maximum absolute atomic E-state index is 5.44. The number of nitrogens with zero attached hydrogens (tertiary/aromatic N) is 4. The second-order valence-corrected chi connectivity index (χ2v) is 3.69. The Balaban J connectivity index is 1.79. The van der Waals surface area contributed by atoms with Crippen LogP contribution in [0.15, 0.2) is 43.0 Å². The van der Waals surface area contributed by atoms with E-state index < -0.39 is 0 Å². The minimum Gasteiger partial charge on any atom is -0.368 e. The van der Waals surface area contributed by atoms with Crippen LogP contribution in [0.25, 0.3) is 5.69 Å². The van der Waals surface area contributed by atoms with Gasteiger partial charge in [0.05, 0.1) is 6.33 Å². The number of hydrogen-bond acceptors (Lipinski definition) is 5. The molecule has 0 saturated heterocycles. The van der Waals surface area contributed by atoms with Crippen LogP contribution in [0.3, 0.4) is 0 Å². The monoisotopic (exact) mass is 241 g/mol. The van der Waals surface area contributed by atoms with E-state index in [0.29, 0.717) is 5.95 Å². The number of aromatic amines is 1. The molecule has 90 valence electrons. The van der Waals surface area contributed by atoms with E-state index in [1.54, 1.807) is 12.5 Å². The van der Waals surface area contributed by atoms with Gasteiger partial charge in [-0.25, -0.2) is 10.1 Å². The summed E-state index contributed by atoms with van der Waals surface area (Å²) >= 11 is 0. The summed E-state index contributed by atoms with van der Waals surface area (Å²) in [5.41, 5.74) is 7.36. The highest BCUT2D eigenvalue weighted by atomic mass is 15.3. The number of nitrogens with one attached hydrogen (secondary N) is 2. The van der Waals surface area contributed by atoms with E-state index in [1.807, 2.05) is 35.0 Å². The van der Waals surface area contributed by atoms with Crippen molar-refractivity contribution in [1.82, 2.24) is 24.7 Å². The van der Waals surface area contributed by atoms with Crippen molar-refractivity contribution in [3.63, 3.8) is 0 Å². The Morgan fingerprint density at radius 1 is 1.22 bits per heavy atom. The molecule has 7 nitrogen and oxygen atoms in total. The second kappa shape index (κ2) is 4.21. The fourth-order valence-electron chi connectivity index (χ4n) is 1.59. The van der Waals surface area contributed by atoms with Crippen LogP contribution < -0.4 is 11.1 Å². The second-order valence-electron chi connectivity index (χ2n) is 3.69. The number of imidazole rings is 1. The summed E-state index contributed by atoms with van der Waals surface area (Å²) in [4.78, 5) is 7.96. The zero-order valence-electron chi connectivity index (χ0n) is 9.41. The Morgan fingerprint density at radius 3 is 2.67 bits per heavy atom. The van der Waals surface area contributed by atoms with Gasteiger partial charge in [-0.15, -0.1) is 5.10 Å². The molecular formula is C11H11N7. The van der Waals surface area contributed by atoms with E-state index in [2.05, 4.69) is 25.5 Å². The number of H-pyrrole nitrogens is 1. The van der Waals surface area contributed by atoms with Gasteiger partial charge in [-0.2, -0.15) is 4.98 Å². The lowest BCUT2D eigenvalue weighted by molar-refractivity contribution is 1.06. The van der Waals surface area contributed by atoms with E-state index in [9.17, 15) is 0 Å². The summed E-state index contributed by atoms with van der Waals surface area (Å²) < 4.78 is 1.93. The first-order valence-electron chi connectivity index (χ1n) is 5.34. The molecule has 7 heteroatoms. The van der Waals surface area contributed by atoms with Gasteiger partial charge in [0.15, 0.2) is 0 Å². The number of benzene rings is 1. The Labute approximate surface area is 103 Å². The third-order valence-electron chi connectivity index (χ3n) is 2.43. The first-order valence-corrected chi connectivity index (χ1v) is 5.34. The third-order valence-corrected chi connectivity index (χ3v) is 2.43. The molecule has 0 saturated carbocycles. The summed E-state index contributed by atoms with van der Waals surface area (Å²) in [6, 6.07) is 7.81. The molecule has 2 heterocycles. The van der Waals surface area contributed by atoms with Crippen LogP contribution in [0.5, 0.6) is 0 Å². The summed E-state index contributed by atoms with van der Waals surface area (Å²) in [5, 5.41) is 9.50. The van der Waals surface area contributed by atoms with E-state index in [4.69, 9.17) is 5.73 Å². The first-order chi connectivity index (χ1) is 8.81. The fourth-order valence-corrected chi connectivity index (χ4v) is 1.59. The molecule has 0 spiro atoms. The maximum atomic E-state index is 5.44. The maximum Gasteiger partial charge on any atom is 0.248 e. The SMILES string of the molecule is Nc1nc(Nc2ccc(-n3ccnc3)cc2)n[nH]1. The summed E-state index contributed by atoms with van der Waals surface area (Å²) in [6.45, 7) is 0. The predicted octanol–water partition coefficient (Wildman–Crippen LogP) is 1.32. The molecule has 3 rings (SSSR count). The number of hydrogen-bond donors (Lipinski definition) is 3. The number of anilines is 3. The quantitative estimate of drug-likeness (QED) is 0.642. The number of nitrogen functional groups attached to an aromatic ring is 1. The van der Waals surface area contributed by atoms with Crippen LogP contribution in [-0.4, -0.2) is 24.7 Å². The van der Waals surface area contributed by atoms with Crippen LogP contribution in [-0.2, 0) is 0 Å². The Kier molecular flexibility index (Phi) is 2.41. The third kappa shape index (κ3) is 2.01. The minimum absolute atomic E-state index is 0.285. The van der Waals surface area contributed by atoms with Crippen molar-refractivity contribution < 1.29 is 0 Å². The Bertz CT molecular complexity index is 624. The molecule has 0 bridgehead atoms. The van der Waals surface area contributed by atoms with Gasteiger partial charge in [0.2, 0.25) is 11.9 Å². The fraction of sp³-hybridized carbons (Fsp3) is 0. The molecule has 18 heavy (non-hydrogen) atoms. The molecule has 0 aliphatic heterocycles. The van der Waals surface area contributed by atoms with Crippen LogP contribution in [0.4, 0.5) is 17.6 Å². The predicted molar refractivity (Wildman–Crippen MR) is 67.6 cm³/mol. The molecule has 4 N–H and O–H groups in total. The summed E-state index contributed by atoms with van der Waals surface area (Å²) in [7, 11) is 0. The van der Waals surface area contributed by atoms with Crippen LogP contribution in [0.2, 0.25) is 0 Å². The van der Waals surface area contributed by atoms with E-state index in [0.717, 1.165) is 11.4 Å². The highest BCUT2D eigenvalue weighted by molar-refractivity contribution is 5.56. The van der Waals surface area contributed by atoms with Crippen molar-refractivity contribution in [3.05, 3.63) is 43.0 Å². The van der Waals surface area contributed by atoms with Gasteiger partial charge < -0.3 is 15.6 Å². The van der Waals surface area contributed by atoms with Crippen molar-refractivity contribution in [2.45, 2.75) is 0 Å². The molecule has 0 atom stereocenters. The van der Waals surface area contributed by atoms with Crippen LogP contribution >= 0.6 is 0 Å². The van der Waals surface area contributed by atoms with Gasteiger partial charge in [-0.3, -0.25) is 0 Å². The number of rotatable bonds is 3. The zero-order valence-corrected chi connectivity index (χ0v) is 9.41. The normalized spacial score (nSPS) is 10.4. The molecule has 0 radical (unpaired) electrons. The topological polar surface area (TPSA) is 97.4 Å². The highest BCUT2D eigenvalue weighted by Gasteiger charge is 2.01. The Morgan fingerprint density at radius 2 is 2.06 bits per heavy atom. The number of nitrogens with two attached hydrogens (primary N) is 1. The van der Waals surface area contributed by atoms with Gasteiger partial charge in [0.25, 0.3) is 0 Å². The molecular weight excluding hydrogens is 230 g/mol. The average molecular weight is 241 g/mol. The van der Waals surface area contributed by atoms with Crippen molar-refractivity contribution in [2.24, 2.45) is 0 Å². The highest BCUT2D eigenvalue weighted by Crippen LogP contribution is 2.16. The molecule has 0 amide bonds. The van der Waals surface area contributed by atoms with Crippen molar-refractivity contribution in [2.75, 3.05) is 11.1 Å². The van der Waals surface area contributed by atoms with Crippen molar-refractivity contribution in [3.8, 4) is 5.69 Å². The lowest BCUT2D eigenvalue weighted by Gasteiger charge is -2.04. The van der Waals surface area contributed by atoms with Gasteiger partial charge in [-0.1, -0.05) is 0 Å². The van der Waals surface area contributed by atoms with Crippen LogP contribution in [0, 0.1) is 0 Å². The first kappa shape index (κ1) is 10.3. The van der Waals surface area contributed by atoms with Gasteiger partial charge in [-0.05, 0) is 24.3 Å². The van der Waals surface area contributed by atoms with Gasteiger partial charge in [0, 0.05) is 23.8 Å². The molecule has 0 aliphatic carbocycles. The number of aromatic nitrogens is 5. The van der Waals surface area contributed by atoms with Crippen molar-refractivity contribution >= 4 is 17.6 Å². The zero-order chi connectivity index (χ0) is 12.4. The Hall–Kier alpha value is -2.83. The van der Waals surface area contributed by atoms with Gasteiger partial charge in [0.1, 0.15) is 0 Å². The molecule has 0 aliphatic rings. The minimum atomic E-state index is 0.285. The van der Waals surface area contributed by atoms with E-state index in [-0.39, 0.29) is 5.95 Å². The van der Waals surface area contributed by atoms with Crippen molar-refractivity contribution in [1.29, 1.82) is 0 Å². The lowest BCUT2D eigenvalue weighted by atomic mass is 10.3. The average Bonchev–Trinajstić information content (AvgIpc) is 3.02. The molecule has 3 aromatic rings.